The Bertz CT molecular complexity index is 546. The molecule has 0 saturated carbocycles. The zero-order valence-electron chi connectivity index (χ0n) is 11.4. The minimum Gasteiger partial charge on any atom is -0.384 e. The smallest absolute Gasteiger partial charge is 0.0603 e. The van der Waals surface area contributed by atoms with Crippen LogP contribution in [0.25, 0.3) is 6.08 Å². The fourth-order valence-corrected chi connectivity index (χ4v) is 2.13. The van der Waals surface area contributed by atoms with Gasteiger partial charge in [0, 0.05) is 12.7 Å². The molecule has 98 valence electrons. The second-order valence-corrected chi connectivity index (χ2v) is 4.57. The molecule has 0 atom stereocenters. The van der Waals surface area contributed by atoms with Gasteiger partial charge in [-0.05, 0) is 43.0 Å². The molecule has 0 spiro atoms. The maximum atomic E-state index is 4.27. The largest absolute Gasteiger partial charge is 0.384 e. The van der Waals surface area contributed by atoms with Gasteiger partial charge in [0.15, 0.2) is 0 Å². The fourth-order valence-electron chi connectivity index (χ4n) is 2.13. The molecule has 2 nitrogen and oxygen atoms in total. The van der Waals surface area contributed by atoms with E-state index in [1.165, 1.54) is 11.1 Å². The summed E-state index contributed by atoms with van der Waals surface area (Å²) in [6.07, 6.45) is 5.91. The van der Waals surface area contributed by atoms with Crippen molar-refractivity contribution in [1.82, 2.24) is 4.98 Å². The van der Waals surface area contributed by atoms with Crippen LogP contribution >= 0.6 is 0 Å². The average molecular weight is 252 g/mol. The van der Waals surface area contributed by atoms with Crippen LogP contribution in [0.2, 0.25) is 0 Å². The Morgan fingerprint density at radius 1 is 1.21 bits per heavy atom. The highest BCUT2D eigenvalue weighted by Crippen LogP contribution is 2.13. The molecule has 2 rings (SSSR count). The minimum atomic E-state index is 0.956. The van der Waals surface area contributed by atoms with Gasteiger partial charge < -0.3 is 5.32 Å². The summed E-state index contributed by atoms with van der Waals surface area (Å²) in [6, 6.07) is 12.5. The lowest BCUT2D eigenvalue weighted by Gasteiger charge is -2.09. The lowest BCUT2D eigenvalue weighted by molar-refractivity contribution is 0.859. The van der Waals surface area contributed by atoms with Gasteiger partial charge >= 0.3 is 0 Å². The van der Waals surface area contributed by atoms with E-state index < -0.39 is 0 Å². The molecule has 0 saturated heterocycles. The van der Waals surface area contributed by atoms with E-state index in [1.54, 1.807) is 0 Å². The standard InChI is InChI=1S/C17H20N2/c1-3-15-8-4-5-9-16(15)10-6-13-19-17-11-7-12-18-14(17)2/h3-5,7-9,11-12,19H,1,6,10,13H2,2H3. The van der Waals surface area contributed by atoms with E-state index in [2.05, 4.69) is 47.2 Å². The number of benzene rings is 1. The molecule has 1 heterocycles. The Kier molecular flexibility index (Phi) is 4.73. The molecule has 0 radical (unpaired) electrons. The van der Waals surface area contributed by atoms with Crippen LogP contribution < -0.4 is 5.32 Å². The van der Waals surface area contributed by atoms with Crippen molar-refractivity contribution in [3.63, 3.8) is 0 Å². The van der Waals surface area contributed by atoms with Crippen molar-refractivity contribution in [2.45, 2.75) is 19.8 Å². The molecule has 1 aromatic heterocycles. The summed E-state index contributed by atoms with van der Waals surface area (Å²) in [5, 5.41) is 3.43. The van der Waals surface area contributed by atoms with Gasteiger partial charge in [0.2, 0.25) is 0 Å². The molecule has 19 heavy (non-hydrogen) atoms. The molecule has 0 fully saturated rings. The Morgan fingerprint density at radius 2 is 2.05 bits per heavy atom. The third-order valence-electron chi connectivity index (χ3n) is 3.22. The van der Waals surface area contributed by atoms with Crippen molar-refractivity contribution in [1.29, 1.82) is 0 Å². The molecule has 2 aromatic rings. The first-order valence-corrected chi connectivity index (χ1v) is 6.67. The second-order valence-electron chi connectivity index (χ2n) is 4.57. The van der Waals surface area contributed by atoms with Crippen LogP contribution in [0.4, 0.5) is 5.69 Å². The summed E-state index contributed by atoms with van der Waals surface area (Å²) in [5.74, 6) is 0. The third-order valence-corrected chi connectivity index (χ3v) is 3.22. The number of aryl methyl sites for hydroxylation is 2. The second kappa shape index (κ2) is 6.74. The lowest BCUT2D eigenvalue weighted by atomic mass is 10.0. The number of nitrogens with zero attached hydrogens (tertiary/aromatic N) is 1. The van der Waals surface area contributed by atoms with Gasteiger partial charge in [-0.1, -0.05) is 36.9 Å². The first-order chi connectivity index (χ1) is 9.31. The van der Waals surface area contributed by atoms with Crippen LogP contribution in [0.15, 0.2) is 49.2 Å². The van der Waals surface area contributed by atoms with Gasteiger partial charge in [-0.2, -0.15) is 0 Å². The Balaban J connectivity index is 1.84. The number of aromatic nitrogens is 1. The average Bonchev–Trinajstić information content (AvgIpc) is 2.45. The maximum Gasteiger partial charge on any atom is 0.0603 e. The van der Waals surface area contributed by atoms with Crippen molar-refractivity contribution in [3.05, 3.63) is 66.0 Å². The summed E-state index contributed by atoms with van der Waals surface area (Å²) < 4.78 is 0. The number of pyridine rings is 1. The lowest BCUT2D eigenvalue weighted by Crippen LogP contribution is -2.05. The van der Waals surface area contributed by atoms with Crippen LogP contribution in [-0.4, -0.2) is 11.5 Å². The third kappa shape index (κ3) is 3.68. The van der Waals surface area contributed by atoms with E-state index in [4.69, 9.17) is 0 Å². The molecular formula is C17H20N2. The van der Waals surface area contributed by atoms with E-state index in [-0.39, 0.29) is 0 Å². The molecular weight excluding hydrogens is 232 g/mol. The van der Waals surface area contributed by atoms with E-state index in [0.29, 0.717) is 0 Å². The van der Waals surface area contributed by atoms with Crippen molar-refractivity contribution >= 4 is 11.8 Å². The molecule has 0 bridgehead atoms. The summed E-state index contributed by atoms with van der Waals surface area (Å²) in [5.41, 5.74) is 4.77. The van der Waals surface area contributed by atoms with Crippen LogP contribution in [0.5, 0.6) is 0 Å². The topological polar surface area (TPSA) is 24.9 Å². The van der Waals surface area contributed by atoms with Crippen LogP contribution in [-0.2, 0) is 6.42 Å². The van der Waals surface area contributed by atoms with Crippen LogP contribution in [0.1, 0.15) is 23.2 Å². The summed E-state index contributed by atoms with van der Waals surface area (Å²) >= 11 is 0. The Hall–Kier alpha value is -2.09. The number of anilines is 1. The van der Waals surface area contributed by atoms with E-state index in [9.17, 15) is 0 Å². The summed E-state index contributed by atoms with van der Waals surface area (Å²) in [7, 11) is 0. The predicted octanol–water partition coefficient (Wildman–Crippen LogP) is 4.08. The zero-order valence-corrected chi connectivity index (χ0v) is 11.4. The Morgan fingerprint density at radius 3 is 2.84 bits per heavy atom. The molecule has 0 amide bonds. The van der Waals surface area contributed by atoms with Gasteiger partial charge in [-0.15, -0.1) is 0 Å². The normalized spacial score (nSPS) is 10.2. The minimum absolute atomic E-state index is 0.956. The van der Waals surface area contributed by atoms with E-state index in [1.807, 2.05) is 25.3 Å². The number of rotatable bonds is 6. The van der Waals surface area contributed by atoms with Gasteiger partial charge in [0.1, 0.15) is 0 Å². The van der Waals surface area contributed by atoms with E-state index >= 15 is 0 Å². The van der Waals surface area contributed by atoms with Gasteiger partial charge in [-0.3, -0.25) is 4.98 Å². The molecule has 0 unspecified atom stereocenters. The molecule has 0 aliphatic heterocycles. The van der Waals surface area contributed by atoms with E-state index in [0.717, 1.165) is 30.8 Å². The highest BCUT2D eigenvalue weighted by atomic mass is 14.9. The number of nitrogens with one attached hydrogen (secondary N) is 1. The number of hydrogen-bond donors (Lipinski definition) is 1. The molecule has 1 aromatic carbocycles. The number of hydrogen-bond acceptors (Lipinski definition) is 2. The SMILES string of the molecule is C=Cc1ccccc1CCCNc1cccnc1C. The first kappa shape index (κ1) is 13.3. The molecule has 2 heteroatoms. The van der Waals surface area contributed by atoms with Gasteiger partial charge in [0.05, 0.1) is 11.4 Å². The summed E-state index contributed by atoms with van der Waals surface area (Å²) in [6.45, 7) is 6.83. The van der Waals surface area contributed by atoms with Gasteiger partial charge in [-0.25, -0.2) is 0 Å². The molecule has 1 N–H and O–H groups in total. The fraction of sp³-hybridized carbons (Fsp3) is 0.235. The first-order valence-electron chi connectivity index (χ1n) is 6.67. The van der Waals surface area contributed by atoms with Crippen LogP contribution in [0, 0.1) is 6.92 Å². The maximum absolute atomic E-state index is 4.27. The zero-order chi connectivity index (χ0) is 13.5. The highest BCUT2D eigenvalue weighted by Gasteiger charge is 1.99. The van der Waals surface area contributed by atoms with Crippen LogP contribution in [0.3, 0.4) is 0 Å². The monoisotopic (exact) mass is 252 g/mol. The quantitative estimate of drug-likeness (QED) is 0.784. The predicted molar refractivity (Wildman–Crippen MR) is 82.3 cm³/mol. The van der Waals surface area contributed by atoms with Crippen molar-refractivity contribution < 1.29 is 0 Å². The van der Waals surface area contributed by atoms with Crippen molar-refractivity contribution in [2.24, 2.45) is 0 Å². The Labute approximate surface area is 115 Å². The summed E-state index contributed by atoms with van der Waals surface area (Å²) in [4.78, 5) is 4.27. The van der Waals surface area contributed by atoms with Crippen molar-refractivity contribution in [3.8, 4) is 0 Å². The highest BCUT2D eigenvalue weighted by molar-refractivity contribution is 5.51. The molecule has 0 aliphatic rings. The van der Waals surface area contributed by atoms with Crippen molar-refractivity contribution in [2.75, 3.05) is 11.9 Å². The van der Waals surface area contributed by atoms with Gasteiger partial charge in [0.25, 0.3) is 0 Å². The molecule has 0 aliphatic carbocycles.